The highest BCUT2D eigenvalue weighted by molar-refractivity contribution is 9.10. The molecule has 0 unspecified atom stereocenters. The van der Waals surface area contributed by atoms with Crippen LogP contribution in [0.3, 0.4) is 0 Å². The number of benzene rings is 2. The maximum atomic E-state index is 6.26. The summed E-state index contributed by atoms with van der Waals surface area (Å²) in [6.07, 6.45) is 0. The van der Waals surface area contributed by atoms with Crippen molar-refractivity contribution in [2.24, 2.45) is 0 Å². The third-order valence-corrected chi connectivity index (χ3v) is 4.91. The summed E-state index contributed by atoms with van der Waals surface area (Å²) < 4.78 is 1.02. The van der Waals surface area contributed by atoms with Gasteiger partial charge in [-0.2, -0.15) is 0 Å². The molecule has 2 rings (SSSR count). The summed E-state index contributed by atoms with van der Waals surface area (Å²) in [7, 11) is 0. The van der Waals surface area contributed by atoms with Crippen molar-refractivity contribution in [3.8, 4) is 0 Å². The second-order valence-corrected chi connectivity index (χ2v) is 7.58. The summed E-state index contributed by atoms with van der Waals surface area (Å²) in [6.45, 7) is 5.23. The second-order valence-electron chi connectivity index (χ2n) is 5.21. The van der Waals surface area contributed by atoms with E-state index in [-0.39, 0.29) is 0 Å². The SMILES string of the molecule is CC(C)NCc1cccc(SCc2ccc(Br)cc2Cl)c1. The van der Waals surface area contributed by atoms with Gasteiger partial charge in [0.2, 0.25) is 0 Å². The number of thioether (sulfide) groups is 1. The summed E-state index contributed by atoms with van der Waals surface area (Å²) in [5.41, 5.74) is 2.48. The van der Waals surface area contributed by atoms with Crippen LogP contribution in [-0.2, 0) is 12.3 Å². The van der Waals surface area contributed by atoms with Gasteiger partial charge >= 0.3 is 0 Å². The zero-order chi connectivity index (χ0) is 15.2. The minimum absolute atomic E-state index is 0.503. The van der Waals surface area contributed by atoms with Crippen LogP contribution in [0.4, 0.5) is 0 Å². The van der Waals surface area contributed by atoms with Gasteiger partial charge in [-0.15, -0.1) is 11.8 Å². The first kappa shape index (κ1) is 16.9. The van der Waals surface area contributed by atoms with Gasteiger partial charge in [0.1, 0.15) is 0 Å². The van der Waals surface area contributed by atoms with Gasteiger partial charge in [-0.25, -0.2) is 0 Å². The Hall–Kier alpha value is -0.480. The molecule has 0 fully saturated rings. The minimum atomic E-state index is 0.503. The normalized spacial score (nSPS) is 11.1. The van der Waals surface area contributed by atoms with E-state index in [1.807, 2.05) is 23.9 Å². The van der Waals surface area contributed by atoms with Crippen LogP contribution in [0.1, 0.15) is 25.0 Å². The molecule has 2 aromatic rings. The second kappa shape index (κ2) is 8.23. The maximum Gasteiger partial charge on any atom is 0.0457 e. The first-order valence-electron chi connectivity index (χ1n) is 6.93. The number of halogens is 2. The van der Waals surface area contributed by atoms with E-state index in [0.717, 1.165) is 27.4 Å². The van der Waals surface area contributed by atoms with Gasteiger partial charge in [-0.3, -0.25) is 0 Å². The van der Waals surface area contributed by atoms with Gasteiger partial charge in [-0.05, 0) is 35.4 Å². The van der Waals surface area contributed by atoms with E-state index in [0.29, 0.717) is 6.04 Å². The average Bonchev–Trinajstić information content (AvgIpc) is 2.45. The van der Waals surface area contributed by atoms with E-state index in [9.17, 15) is 0 Å². The molecule has 1 N–H and O–H groups in total. The first-order valence-corrected chi connectivity index (χ1v) is 9.09. The number of hydrogen-bond donors (Lipinski definition) is 1. The van der Waals surface area contributed by atoms with Crippen molar-refractivity contribution in [3.05, 3.63) is 63.1 Å². The fourth-order valence-corrected chi connectivity index (χ4v) is 3.67. The first-order chi connectivity index (χ1) is 10.0. The van der Waals surface area contributed by atoms with Crippen molar-refractivity contribution < 1.29 is 0 Å². The highest BCUT2D eigenvalue weighted by atomic mass is 79.9. The summed E-state index contributed by atoms with van der Waals surface area (Å²) in [5.74, 6) is 0.882. The Bertz CT molecular complexity index is 601. The molecule has 0 aliphatic rings. The van der Waals surface area contributed by atoms with E-state index >= 15 is 0 Å². The van der Waals surface area contributed by atoms with Crippen molar-refractivity contribution >= 4 is 39.3 Å². The van der Waals surface area contributed by atoms with E-state index in [4.69, 9.17) is 11.6 Å². The Labute approximate surface area is 144 Å². The van der Waals surface area contributed by atoms with Crippen molar-refractivity contribution in [3.63, 3.8) is 0 Å². The van der Waals surface area contributed by atoms with Crippen molar-refractivity contribution in [2.45, 2.75) is 37.1 Å². The summed E-state index contributed by atoms with van der Waals surface area (Å²) >= 11 is 11.5. The Morgan fingerprint density at radius 1 is 1.19 bits per heavy atom. The molecule has 0 aromatic heterocycles. The van der Waals surface area contributed by atoms with Gasteiger partial charge in [0, 0.05) is 32.7 Å². The predicted molar refractivity (Wildman–Crippen MR) is 97.1 cm³/mol. The lowest BCUT2D eigenvalue weighted by Crippen LogP contribution is -2.21. The van der Waals surface area contributed by atoms with Crippen LogP contribution in [0, 0.1) is 0 Å². The fourth-order valence-electron chi connectivity index (χ4n) is 1.87. The maximum absolute atomic E-state index is 6.26. The Kier molecular flexibility index (Phi) is 6.62. The number of hydrogen-bond acceptors (Lipinski definition) is 2. The van der Waals surface area contributed by atoms with Gasteiger partial charge in [0.25, 0.3) is 0 Å². The van der Waals surface area contributed by atoms with Gasteiger partial charge < -0.3 is 5.32 Å². The molecule has 0 heterocycles. The van der Waals surface area contributed by atoms with Crippen LogP contribution < -0.4 is 5.32 Å². The lowest BCUT2D eigenvalue weighted by Gasteiger charge is -2.10. The third kappa shape index (κ3) is 5.67. The Balaban J connectivity index is 1.98. The highest BCUT2D eigenvalue weighted by Gasteiger charge is 2.03. The number of rotatable bonds is 6. The average molecular weight is 385 g/mol. The lowest BCUT2D eigenvalue weighted by molar-refractivity contribution is 0.588. The molecule has 1 nitrogen and oxygen atoms in total. The van der Waals surface area contributed by atoms with Crippen LogP contribution in [0.2, 0.25) is 5.02 Å². The van der Waals surface area contributed by atoms with Crippen LogP contribution in [0.5, 0.6) is 0 Å². The van der Waals surface area contributed by atoms with Gasteiger partial charge in [0.15, 0.2) is 0 Å². The molecule has 0 radical (unpaired) electrons. The van der Waals surface area contributed by atoms with Crippen LogP contribution in [-0.4, -0.2) is 6.04 Å². The van der Waals surface area contributed by atoms with Crippen molar-refractivity contribution in [1.29, 1.82) is 0 Å². The molecule has 21 heavy (non-hydrogen) atoms. The van der Waals surface area contributed by atoms with Gasteiger partial charge in [-0.1, -0.05) is 59.6 Å². The molecule has 112 valence electrons. The van der Waals surface area contributed by atoms with E-state index in [1.165, 1.54) is 10.5 Å². The smallest absolute Gasteiger partial charge is 0.0457 e. The monoisotopic (exact) mass is 383 g/mol. The van der Waals surface area contributed by atoms with Gasteiger partial charge in [0.05, 0.1) is 0 Å². The molecule has 0 bridgehead atoms. The quantitative estimate of drug-likeness (QED) is 0.623. The molecule has 0 atom stereocenters. The molecule has 0 aliphatic heterocycles. The molecule has 4 heteroatoms. The zero-order valence-electron chi connectivity index (χ0n) is 12.2. The molecule has 0 aliphatic carbocycles. The lowest BCUT2D eigenvalue weighted by atomic mass is 10.2. The molecule has 0 saturated heterocycles. The van der Waals surface area contributed by atoms with E-state index < -0.39 is 0 Å². The summed E-state index contributed by atoms with van der Waals surface area (Å²) in [6, 6.07) is 15.2. The fraction of sp³-hybridized carbons (Fsp3) is 0.294. The van der Waals surface area contributed by atoms with Crippen molar-refractivity contribution in [2.75, 3.05) is 0 Å². The van der Waals surface area contributed by atoms with Crippen LogP contribution >= 0.6 is 39.3 Å². The largest absolute Gasteiger partial charge is 0.310 e. The zero-order valence-corrected chi connectivity index (χ0v) is 15.4. The molecule has 0 spiro atoms. The standard InChI is InChI=1S/C17H19BrClNS/c1-12(2)20-10-13-4-3-5-16(8-13)21-11-14-6-7-15(18)9-17(14)19/h3-9,12,20H,10-11H2,1-2H3. The molecule has 0 saturated carbocycles. The topological polar surface area (TPSA) is 12.0 Å². The number of nitrogens with one attached hydrogen (secondary N) is 1. The Morgan fingerprint density at radius 2 is 2.00 bits per heavy atom. The minimum Gasteiger partial charge on any atom is -0.310 e. The summed E-state index contributed by atoms with van der Waals surface area (Å²) in [4.78, 5) is 1.28. The highest BCUT2D eigenvalue weighted by Crippen LogP contribution is 2.29. The summed E-state index contributed by atoms with van der Waals surface area (Å²) in [5, 5.41) is 4.26. The van der Waals surface area contributed by atoms with E-state index in [2.05, 4.69) is 65.4 Å². The molecular formula is C17H19BrClNS. The van der Waals surface area contributed by atoms with E-state index in [1.54, 1.807) is 0 Å². The van der Waals surface area contributed by atoms with Crippen LogP contribution in [0.25, 0.3) is 0 Å². The molecular weight excluding hydrogens is 366 g/mol. The predicted octanol–water partition coefficient (Wildman–Crippen LogP) is 5.89. The third-order valence-electron chi connectivity index (χ3n) is 3.02. The molecule has 2 aromatic carbocycles. The van der Waals surface area contributed by atoms with Crippen LogP contribution in [0.15, 0.2) is 51.8 Å². The van der Waals surface area contributed by atoms with Crippen molar-refractivity contribution in [1.82, 2.24) is 5.32 Å². The Morgan fingerprint density at radius 3 is 2.71 bits per heavy atom. The molecule has 0 amide bonds.